The topological polar surface area (TPSA) is 18.5 Å². The number of fused-ring (bicyclic) bond motifs is 1. The minimum atomic E-state index is 0.537. The van der Waals surface area contributed by atoms with Crippen LogP contribution in [0.15, 0.2) is 30.3 Å². The molecule has 1 aromatic rings. The SMILES string of the molecule is CC(c1ccccc1)N1CCN2CCNCC2C1. The fourth-order valence-corrected chi connectivity index (χ4v) is 3.19. The van der Waals surface area contributed by atoms with E-state index in [0.717, 1.165) is 13.1 Å². The van der Waals surface area contributed by atoms with Gasteiger partial charge in [0.05, 0.1) is 0 Å². The minimum absolute atomic E-state index is 0.537. The number of nitrogens with one attached hydrogen (secondary N) is 1. The normalized spacial score (nSPS) is 27.7. The van der Waals surface area contributed by atoms with E-state index in [2.05, 4.69) is 52.4 Å². The fourth-order valence-electron chi connectivity index (χ4n) is 3.19. The van der Waals surface area contributed by atoms with Gasteiger partial charge in [0.15, 0.2) is 0 Å². The second-order valence-electron chi connectivity index (χ2n) is 5.48. The summed E-state index contributed by atoms with van der Waals surface area (Å²) < 4.78 is 0. The van der Waals surface area contributed by atoms with Crippen LogP contribution in [0.1, 0.15) is 18.5 Å². The van der Waals surface area contributed by atoms with Gasteiger partial charge in [0, 0.05) is 51.4 Å². The van der Waals surface area contributed by atoms with E-state index in [9.17, 15) is 0 Å². The Hall–Kier alpha value is -0.900. The van der Waals surface area contributed by atoms with E-state index in [4.69, 9.17) is 0 Å². The molecule has 2 atom stereocenters. The van der Waals surface area contributed by atoms with Crippen LogP contribution in [0.2, 0.25) is 0 Å². The molecule has 2 saturated heterocycles. The molecule has 18 heavy (non-hydrogen) atoms. The smallest absolute Gasteiger partial charge is 0.0349 e. The molecule has 0 aromatic heterocycles. The highest BCUT2D eigenvalue weighted by atomic mass is 15.3. The molecular formula is C15H23N3. The van der Waals surface area contributed by atoms with Gasteiger partial charge in [0.25, 0.3) is 0 Å². The van der Waals surface area contributed by atoms with Crippen molar-refractivity contribution in [2.45, 2.75) is 19.0 Å². The molecule has 0 spiro atoms. The number of nitrogens with zero attached hydrogens (tertiary/aromatic N) is 2. The van der Waals surface area contributed by atoms with Crippen LogP contribution in [0.25, 0.3) is 0 Å². The minimum Gasteiger partial charge on any atom is -0.314 e. The molecule has 0 saturated carbocycles. The molecule has 2 fully saturated rings. The molecule has 0 radical (unpaired) electrons. The third kappa shape index (κ3) is 2.44. The number of rotatable bonds is 2. The maximum absolute atomic E-state index is 3.51. The summed E-state index contributed by atoms with van der Waals surface area (Å²) in [4.78, 5) is 5.27. The molecule has 98 valence electrons. The zero-order chi connectivity index (χ0) is 12.4. The van der Waals surface area contributed by atoms with Gasteiger partial charge in [0.2, 0.25) is 0 Å². The quantitative estimate of drug-likeness (QED) is 0.848. The van der Waals surface area contributed by atoms with Gasteiger partial charge in [-0.3, -0.25) is 9.80 Å². The summed E-state index contributed by atoms with van der Waals surface area (Å²) >= 11 is 0. The molecule has 0 aliphatic carbocycles. The van der Waals surface area contributed by atoms with Crippen molar-refractivity contribution in [3.05, 3.63) is 35.9 Å². The average Bonchev–Trinajstić information content (AvgIpc) is 2.47. The van der Waals surface area contributed by atoms with Gasteiger partial charge in [-0.25, -0.2) is 0 Å². The van der Waals surface area contributed by atoms with Crippen LogP contribution in [0.4, 0.5) is 0 Å². The molecule has 1 aromatic carbocycles. The lowest BCUT2D eigenvalue weighted by Gasteiger charge is -2.46. The summed E-state index contributed by atoms with van der Waals surface area (Å²) in [6.07, 6.45) is 0. The van der Waals surface area contributed by atoms with Crippen LogP contribution < -0.4 is 5.32 Å². The van der Waals surface area contributed by atoms with Crippen LogP contribution >= 0.6 is 0 Å². The predicted molar refractivity (Wildman–Crippen MR) is 74.7 cm³/mol. The van der Waals surface area contributed by atoms with E-state index in [-0.39, 0.29) is 0 Å². The molecule has 3 rings (SSSR count). The van der Waals surface area contributed by atoms with Crippen molar-refractivity contribution < 1.29 is 0 Å². The maximum Gasteiger partial charge on any atom is 0.0349 e. The zero-order valence-electron chi connectivity index (χ0n) is 11.2. The Morgan fingerprint density at radius 3 is 2.83 bits per heavy atom. The van der Waals surface area contributed by atoms with Gasteiger partial charge in [0.1, 0.15) is 0 Å². The molecule has 2 heterocycles. The Morgan fingerprint density at radius 1 is 1.17 bits per heavy atom. The van der Waals surface area contributed by atoms with E-state index in [1.807, 2.05) is 0 Å². The van der Waals surface area contributed by atoms with Crippen molar-refractivity contribution in [2.75, 3.05) is 39.3 Å². The van der Waals surface area contributed by atoms with Gasteiger partial charge >= 0.3 is 0 Å². The summed E-state index contributed by atoms with van der Waals surface area (Å²) in [5.41, 5.74) is 1.44. The zero-order valence-corrected chi connectivity index (χ0v) is 11.2. The Balaban J connectivity index is 1.67. The van der Waals surface area contributed by atoms with Gasteiger partial charge in [-0.05, 0) is 12.5 Å². The first-order valence-corrected chi connectivity index (χ1v) is 7.08. The lowest BCUT2D eigenvalue weighted by atomic mass is 10.0. The van der Waals surface area contributed by atoms with Gasteiger partial charge in [-0.15, -0.1) is 0 Å². The van der Waals surface area contributed by atoms with E-state index >= 15 is 0 Å². The summed E-state index contributed by atoms with van der Waals surface area (Å²) in [5, 5.41) is 3.51. The first-order chi connectivity index (χ1) is 8.84. The standard InChI is InChI=1S/C15H23N3/c1-13(14-5-3-2-4-6-14)18-10-9-17-8-7-16-11-15(17)12-18/h2-6,13,15-16H,7-12H2,1H3. The molecule has 2 aliphatic heterocycles. The van der Waals surface area contributed by atoms with E-state index in [1.165, 1.54) is 31.7 Å². The largest absolute Gasteiger partial charge is 0.314 e. The fraction of sp³-hybridized carbons (Fsp3) is 0.600. The third-order valence-corrected chi connectivity index (χ3v) is 4.42. The van der Waals surface area contributed by atoms with Gasteiger partial charge < -0.3 is 5.32 Å². The molecule has 2 aliphatic rings. The van der Waals surface area contributed by atoms with Crippen LogP contribution in [-0.2, 0) is 0 Å². The van der Waals surface area contributed by atoms with Crippen molar-refractivity contribution in [2.24, 2.45) is 0 Å². The number of piperazine rings is 2. The summed E-state index contributed by atoms with van der Waals surface area (Å²) in [5.74, 6) is 0. The predicted octanol–water partition coefficient (Wildman–Crippen LogP) is 1.34. The van der Waals surface area contributed by atoms with Crippen molar-refractivity contribution in [1.82, 2.24) is 15.1 Å². The Morgan fingerprint density at radius 2 is 2.00 bits per heavy atom. The average molecular weight is 245 g/mol. The highest BCUT2D eigenvalue weighted by Crippen LogP contribution is 2.23. The van der Waals surface area contributed by atoms with Gasteiger partial charge in [-0.1, -0.05) is 30.3 Å². The molecule has 3 nitrogen and oxygen atoms in total. The Kier molecular flexibility index (Phi) is 3.64. The van der Waals surface area contributed by atoms with Crippen LogP contribution in [0, 0.1) is 0 Å². The number of hydrogen-bond donors (Lipinski definition) is 1. The lowest BCUT2D eigenvalue weighted by molar-refractivity contribution is 0.0383. The highest BCUT2D eigenvalue weighted by Gasteiger charge is 2.30. The molecule has 2 unspecified atom stereocenters. The summed E-state index contributed by atoms with van der Waals surface area (Å²) in [6.45, 7) is 9.49. The highest BCUT2D eigenvalue weighted by molar-refractivity contribution is 5.18. The summed E-state index contributed by atoms with van der Waals surface area (Å²) in [6, 6.07) is 12.1. The van der Waals surface area contributed by atoms with Crippen molar-refractivity contribution in [3.8, 4) is 0 Å². The second-order valence-corrected chi connectivity index (χ2v) is 5.48. The van der Waals surface area contributed by atoms with Crippen molar-refractivity contribution in [1.29, 1.82) is 0 Å². The summed E-state index contributed by atoms with van der Waals surface area (Å²) in [7, 11) is 0. The van der Waals surface area contributed by atoms with Crippen molar-refractivity contribution >= 4 is 0 Å². The van der Waals surface area contributed by atoms with E-state index in [0.29, 0.717) is 12.1 Å². The monoisotopic (exact) mass is 245 g/mol. The second kappa shape index (κ2) is 5.39. The Bertz CT molecular complexity index is 379. The van der Waals surface area contributed by atoms with Crippen LogP contribution in [0.5, 0.6) is 0 Å². The number of hydrogen-bond acceptors (Lipinski definition) is 3. The number of benzene rings is 1. The first-order valence-electron chi connectivity index (χ1n) is 7.08. The lowest BCUT2D eigenvalue weighted by Crippen LogP contribution is -2.61. The van der Waals surface area contributed by atoms with E-state index in [1.54, 1.807) is 0 Å². The van der Waals surface area contributed by atoms with Gasteiger partial charge in [-0.2, -0.15) is 0 Å². The molecule has 0 bridgehead atoms. The van der Waals surface area contributed by atoms with E-state index < -0.39 is 0 Å². The molecule has 0 amide bonds. The molecule has 1 N–H and O–H groups in total. The third-order valence-electron chi connectivity index (χ3n) is 4.42. The first kappa shape index (κ1) is 12.2. The molecule has 3 heteroatoms. The maximum atomic E-state index is 3.51. The van der Waals surface area contributed by atoms with Crippen molar-refractivity contribution in [3.63, 3.8) is 0 Å². The Labute approximate surface area is 110 Å². The van der Waals surface area contributed by atoms with Crippen LogP contribution in [-0.4, -0.2) is 55.1 Å². The molecular weight excluding hydrogens is 222 g/mol. The van der Waals surface area contributed by atoms with Crippen LogP contribution in [0.3, 0.4) is 0 Å².